The molecule has 9 nitrogen and oxygen atoms in total. The predicted molar refractivity (Wildman–Crippen MR) is 193 cm³/mol. The molecule has 3 aliphatic rings. The van der Waals surface area contributed by atoms with Crippen molar-refractivity contribution < 1.29 is 27.4 Å². The molecule has 0 unspecified atom stereocenters. The topological polar surface area (TPSA) is 94.8 Å². The second-order valence-corrected chi connectivity index (χ2v) is 15.9. The van der Waals surface area contributed by atoms with Crippen LogP contribution in [0.3, 0.4) is 0 Å². The van der Waals surface area contributed by atoms with E-state index in [9.17, 15) is 14.4 Å². The molecule has 0 spiro atoms. The summed E-state index contributed by atoms with van der Waals surface area (Å²) in [6, 6.07) is 13.4. The van der Waals surface area contributed by atoms with Crippen molar-refractivity contribution in [1.82, 2.24) is 19.8 Å². The first-order valence-electron chi connectivity index (χ1n) is 17.5. The Labute approximate surface area is 316 Å². The second-order valence-electron chi connectivity index (χ2n) is 14.7. The number of ether oxygens (including phenoxy) is 2. The third-order valence-electron chi connectivity index (χ3n) is 10.2. The van der Waals surface area contributed by atoms with Gasteiger partial charge in [0.05, 0.1) is 24.1 Å². The summed E-state index contributed by atoms with van der Waals surface area (Å²) in [4.78, 5) is 28.2. The molecule has 52 heavy (non-hydrogen) atoms. The van der Waals surface area contributed by atoms with Crippen molar-refractivity contribution in [3.63, 3.8) is 0 Å². The molecule has 0 aliphatic carbocycles. The Morgan fingerprint density at radius 1 is 1.08 bits per heavy atom. The molecule has 266 valence electrons. The van der Waals surface area contributed by atoms with Gasteiger partial charge in [-0.25, -0.2) is 9.18 Å². The van der Waals surface area contributed by atoms with Crippen LogP contribution in [-0.2, 0) is 4.74 Å². The van der Waals surface area contributed by atoms with Crippen molar-refractivity contribution in [2.45, 2.75) is 69.8 Å². The zero-order chi connectivity index (χ0) is 36.8. The van der Waals surface area contributed by atoms with Crippen LogP contribution in [0.2, 0.25) is 0 Å². The number of carbonyl (C=O) groups is 1. The maximum atomic E-state index is 17.1. The van der Waals surface area contributed by atoms with Crippen LogP contribution < -0.4 is 9.64 Å². The Hall–Kier alpha value is -4.15. The van der Waals surface area contributed by atoms with E-state index in [2.05, 4.69) is 25.4 Å². The quantitative estimate of drug-likeness (QED) is 0.160. The number of alkyl halides is 1. The number of amides is 1. The molecule has 3 fully saturated rings. The molecule has 1 amide bonds. The number of piperazine rings is 1. The maximum absolute atomic E-state index is 17.1. The smallest absolute Gasteiger partial charge is 0.198 e. The summed E-state index contributed by atoms with van der Waals surface area (Å²) < 4.78 is 61.7. The molecule has 0 saturated carbocycles. The SMILES string of the molecule is CC(C)(C)OC(=O)N1CCN(c2nc(OC[C@@]34CCCN3C[C@H](F)C4)nc3c(F)c(-c4cccc5ccc(F)c(C#[C][Tl])c45)ccc23)C[C@@H]1CC#N. The molecular weight excluding hydrogens is 862 g/mol. The van der Waals surface area contributed by atoms with Gasteiger partial charge in [-0.2, -0.15) is 5.26 Å². The Bertz CT molecular complexity index is 2160. The fraction of sp³-hybridized carbons (Fsp3) is 0.436. The van der Waals surface area contributed by atoms with Gasteiger partial charge in [-0.05, 0) is 40.2 Å². The summed E-state index contributed by atoms with van der Waals surface area (Å²) in [5.41, 5.74) is -0.286. The number of nitrogens with zero attached hydrogens (tertiary/aromatic N) is 6. The minimum Gasteiger partial charge on any atom is -0.198 e. The zero-order valence-electron chi connectivity index (χ0n) is 29.4. The average molecular weight is 900 g/mol. The molecular formula is C39H38F3N6O3Tl. The van der Waals surface area contributed by atoms with E-state index in [0.29, 0.717) is 67.4 Å². The number of nitriles is 1. The van der Waals surface area contributed by atoms with Crippen molar-refractivity contribution in [2.24, 2.45) is 0 Å². The van der Waals surface area contributed by atoms with Gasteiger partial charge >= 0.3 is 194 Å². The number of benzene rings is 3. The van der Waals surface area contributed by atoms with E-state index in [4.69, 9.17) is 14.5 Å². The van der Waals surface area contributed by atoms with Gasteiger partial charge in [0.1, 0.15) is 11.8 Å². The Morgan fingerprint density at radius 2 is 1.90 bits per heavy atom. The van der Waals surface area contributed by atoms with E-state index in [1.165, 1.54) is 6.07 Å². The van der Waals surface area contributed by atoms with Crippen LogP contribution in [0.5, 0.6) is 6.01 Å². The van der Waals surface area contributed by atoms with Gasteiger partial charge in [-0.3, -0.25) is 4.90 Å². The predicted octanol–water partition coefficient (Wildman–Crippen LogP) is 6.50. The first-order valence-corrected chi connectivity index (χ1v) is 19.7. The van der Waals surface area contributed by atoms with E-state index < -0.39 is 41.1 Å². The Morgan fingerprint density at radius 3 is 2.67 bits per heavy atom. The third kappa shape index (κ3) is 6.87. The van der Waals surface area contributed by atoms with E-state index in [-0.39, 0.29) is 48.8 Å². The summed E-state index contributed by atoms with van der Waals surface area (Å²) in [5, 5.41) is 11.4. The molecule has 3 saturated heterocycles. The molecule has 3 atom stereocenters. The minimum absolute atomic E-state index is 0.00453. The minimum atomic E-state index is -0.953. The van der Waals surface area contributed by atoms with Gasteiger partial charge in [0.25, 0.3) is 0 Å². The number of anilines is 1. The molecule has 4 aromatic rings. The molecule has 0 N–H and O–H groups in total. The van der Waals surface area contributed by atoms with Crippen molar-refractivity contribution in [2.75, 3.05) is 44.2 Å². The number of rotatable bonds is 6. The summed E-state index contributed by atoms with van der Waals surface area (Å²) in [6.07, 6.45) is 0.637. The normalized spacial score (nSPS) is 21.8. The molecule has 3 aromatic carbocycles. The van der Waals surface area contributed by atoms with E-state index in [1.54, 1.807) is 56.0 Å². The first kappa shape index (κ1) is 36.2. The standard InChI is InChI=1S/C39H38F3N6O3.Tl/c1-5-27-31(41)13-10-24-8-6-9-28(32(24)27)29-11-12-30-34(33(29)42)44-36(50-23-39-15-7-17-47(39)21-25(40)20-39)45-35(30)46-18-19-48(26(22-46)14-16-43)37(49)51-38(2,3)4;/h6,8-13,25-26H,7,14-15,17-23H2,2-4H3;/t25-,26+,39+;/m1./s1. The van der Waals surface area contributed by atoms with Crippen LogP contribution in [0.25, 0.3) is 32.8 Å². The monoisotopic (exact) mass is 900 g/mol. The second kappa shape index (κ2) is 14.3. The van der Waals surface area contributed by atoms with Crippen molar-refractivity contribution in [1.29, 1.82) is 5.26 Å². The molecule has 4 heterocycles. The Kier molecular flexibility index (Phi) is 10.00. The van der Waals surface area contributed by atoms with Crippen molar-refractivity contribution >= 4 is 59.4 Å². The van der Waals surface area contributed by atoms with Crippen LogP contribution in [0.15, 0.2) is 42.5 Å². The number of hydrogen-bond acceptors (Lipinski definition) is 8. The molecule has 13 heteroatoms. The Balaban J connectivity index is 1.33. The van der Waals surface area contributed by atoms with Gasteiger partial charge in [-0.15, -0.1) is 0 Å². The van der Waals surface area contributed by atoms with Gasteiger partial charge in [0.15, 0.2) is 0 Å². The third-order valence-corrected chi connectivity index (χ3v) is 10.8. The number of halogens is 3. The van der Waals surface area contributed by atoms with Gasteiger partial charge in [0.2, 0.25) is 0 Å². The van der Waals surface area contributed by atoms with Crippen LogP contribution >= 0.6 is 0 Å². The molecule has 3 aliphatic heterocycles. The molecule has 0 radical (unpaired) electrons. The number of fused-ring (bicyclic) bond motifs is 3. The van der Waals surface area contributed by atoms with Crippen molar-refractivity contribution in [3.8, 4) is 32.6 Å². The van der Waals surface area contributed by atoms with Crippen LogP contribution in [0.4, 0.5) is 23.8 Å². The van der Waals surface area contributed by atoms with Crippen LogP contribution in [0.1, 0.15) is 52.0 Å². The van der Waals surface area contributed by atoms with E-state index in [1.807, 2.05) is 11.0 Å². The number of aromatic nitrogens is 2. The first-order chi connectivity index (χ1) is 24.9. The summed E-state index contributed by atoms with van der Waals surface area (Å²) in [7, 11) is 0. The summed E-state index contributed by atoms with van der Waals surface area (Å²) >= 11 is 0.326. The number of hydrogen-bond donors (Lipinski definition) is 0. The van der Waals surface area contributed by atoms with E-state index >= 15 is 8.78 Å². The molecule has 7 rings (SSSR count). The molecule has 0 bridgehead atoms. The van der Waals surface area contributed by atoms with Crippen molar-refractivity contribution in [3.05, 3.63) is 59.7 Å². The molecule has 1 aromatic heterocycles. The van der Waals surface area contributed by atoms with Crippen LogP contribution in [-0.4, -0.2) is 114 Å². The van der Waals surface area contributed by atoms with Gasteiger partial charge in [-0.1, -0.05) is 0 Å². The average Bonchev–Trinajstić information content (AvgIpc) is 3.63. The van der Waals surface area contributed by atoms with E-state index in [0.717, 1.165) is 24.8 Å². The summed E-state index contributed by atoms with van der Waals surface area (Å²) in [5.74, 6) is 2.21. The summed E-state index contributed by atoms with van der Waals surface area (Å²) in [6.45, 7) is 7.44. The number of carbonyl (C=O) groups excluding carboxylic acids is 1. The fourth-order valence-corrected chi connectivity index (χ4v) is 8.51. The van der Waals surface area contributed by atoms with Gasteiger partial charge < -0.3 is 9.64 Å². The fourth-order valence-electron chi connectivity index (χ4n) is 7.95. The van der Waals surface area contributed by atoms with Gasteiger partial charge in [0, 0.05) is 19.5 Å². The van der Waals surface area contributed by atoms with Crippen LogP contribution in [0, 0.1) is 32.4 Å². The zero-order valence-corrected chi connectivity index (χ0v) is 33.9.